The van der Waals surface area contributed by atoms with Gasteiger partial charge >= 0.3 is 0 Å². The second-order valence-corrected chi connectivity index (χ2v) is 4.41. The average molecular weight is 234 g/mol. The van der Waals surface area contributed by atoms with Crippen molar-refractivity contribution in [3.63, 3.8) is 0 Å². The largest absolute Gasteiger partial charge is 0.497 e. The predicted octanol–water partition coefficient (Wildman–Crippen LogP) is 1.30. The fourth-order valence-electron chi connectivity index (χ4n) is 2.18. The third-order valence-electron chi connectivity index (χ3n) is 3.22. The first-order valence-electron chi connectivity index (χ1n) is 5.91. The van der Waals surface area contributed by atoms with Crippen LogP contribution in [0.3, 0.4) is 0 Å². The number of amides is 1. The number of nitrogens with two attached hydrogens (primary N) is 1. The molecule has 2 unspecified atom stereocenters. The minimum Gasteiger partial charge on any atom is -0.497 e. The summed E-state index contributed by atoms with van der Waals surface area (Å²) in [6.07, 6.45) is 3.05. The molecule has 3 N–H and O–H groups in total. The van der Waals surface area contributed by atoms with Crippen LogP contribution in [0.25, 0.3) is 0 Å². The van der Waals surface area contributed by atoms with Crippen LogP contribution >= 0.6 is 0 Å². The highest BCUT2D eigenvalue weighted by atomic mass is 16.5. The van der Waals surface area contributed by atoms with E-state index in [1.165, 1.54) is 0 Å². The molecular formula is C13H18N2O2. The summed E-state index contributed by atoms with van der Waals surface area (Å²) in [7, 11) is 1.59. The van der Waals surface area contributed by atoms with Crippen molar-refractivity contribution in [3.8, 4) is 5.75 Å². The summed E-state index contributed by atoms with van der Waals surface area (Å²) in [4.78, 5) is 12.0. The van der Waals surface area contributed by atoms with Crippen LogP contribution in [0, 0.1) is 0 Å². The first-order chi connectivity index (χ1) is 8.20. The number of ether oxygens (including phenoxy) is 1. The van der Waals surface area contributed by atoms with Crippen LogP contribution in [0.1, 0.15) is 29.6 Å². The van der Waals surface area contributed by atoms with Gasteiger partial charge in [0, 0.05) is 17.6 Å². The van der Waals surface area contributed by atoms with E-state index in [0.29, 0.717) is 11.3 Å². The van der Waals surface area contributed by atoms with Crippen molar-refractivity contribution in [1.29, 1.82) is 0 Å². The fraction of sp³-hybridized carbons (Fsp3) is 0.462. The predicted molar refractivity (Wildman–Crippen MR) is 66.1 cm³/mol. The zero-order valence-corrected chi connectivity index (χ0v) is 9.98. The molecule has 0 spiro atoms. The Morgan fingerprint density at radius 2 is 2.29 bits per heavy atom. The van der Waals surface area contributed by atoms with Crippen LogP contribution in [0.5, 0.6) is 5.75 Å². The maximum atomic E-state index is 12.0. The zero-order chi connectivity index (χ0) is 12.3. The number of carbonyl (C=O) groups is 1. The standard InChI is InChI=1S/C13H18N2O2/c1-17-10-5-2-4-9(8-10)13(16)15-12-7-3-6-11(12)14/h2,4-5,8,11-12H,3,6-7,14H2,1H3,(H,15,16). The Hall–Kier alpha value is -1.55. The van der Waals surface area contributed by atoms with E-state index < -0.39 is 0 Å². The second-order valence-electron chi connectivity index (χ2n) is 4.41. The Morgan fingerprint density at radius 1 is 1.47 bits per heavy atom. The first-order valence-corrected chi connectivity index (χ1v) is 5.91. The van der Waals surface area contributed by atoms with E-state index in [0.717, 1.165) is 19.3 Å². The van der Waals surface area contributed by atoms with Gasteiger partial charge in [-0.1, -0.05) is 6.07 Å². The minimum absolute atomic E-state index is 0.0775. The summed E-state index contributed by atoms with van der Waals surface area (Å²) in [6.45, 7) is 0. The van der Waals surface area contributed by atoms with Gasteiger partial charge in [0.05, 0.1) is 7.11 Å². The molecule has 0 bridgehead atoms. The van der Waals surface area contributed by atoms with Gasteiger partial charge < -0.3 is 15.8 Å². The van der Waals surface area contributed by atoms with Gasteiger partial charge in [0.1, 0.15) is 5.75 Å². The van der Waals surface area contributed by atoms with E-state index in [9.17, 15) is 4.79 Å². The number of benzene rings is 1. The summed E-state index contributed by atoms with van der Waals surface area (Å²) in [5.41, 5.74) is 6.54. The van der Waals surface area contributed by atoms with Crippen molar-refractivity contribution in [2.24, 2.45) is 5.73 Å². The van der Waals surface area contributed by atoms with Crippen molar-refractivity contribution in [3.05, 3.63) is 29.8 Å². The molecule has 1 fully saturated rings. The normalized spacial score (nSPS) is 23.4. The molecule has 1 amide bonds. The van der Waals surface area contributed by atoms with Crippen molar-refractivity contribution in [2.45, 2.75) is 31.3 Å². The van der Waals surface area contributed by atoms with Crippen LogP contribution in [0.15, 0.2) is 24.3 Å². The summed E-state index contributed by atoms with van der Waals surface area (Å²) in [5.74, 6) is 0.611. The Kier molecular flexibility index (Phi) is 3.64. The smallest absolute Gasteiger partial charge is 0.251 e. The van der Waals surface area contributed by atoms with Crippen LogP contribution in [-0.2, 0) is 0 Å². The molecule has 0 aromatic heterocycles. The molecule has 1 aromatic carbocycles. The van der Waals surface area contributed by atoms with Crippen molar-refractivity contribution in [2.75, 3.05) is 7.11 Å². The fourth-order valence-corrected chi connectivity index (χ4v) is 2.18. The van der Waals surface area contributed by atoms with Gasteiger partial charge in [-0.15, -0.1) is 0 Å². The maximum absolute atomic E-state index is 12.0. The number of hydrogen-bond acceptors (Lipinski definition) is 3. The summed E-state index contributed by atoms with van der Waals surface area (Å²) < 4.78 is 5.09. The van der Waals surface area contributed by atoms with Crippen molar-refractivity contribution in [1.82, 2.24) is 5.32 Å². The van der Waals surface area contributed by atoms with Gasteiger partial charge in [-0.05, 0) is 37.5 Å². The summed E-state index contributed by atoms with van der Waals surface area (Å²) in [5, 5.41) is 2.98. The van der Waals surface area contributed by atoms with Crippen LogP contribution in [0.2, 0.25) is 0 Å². The maximum Gasteiger partial charge on any atom is 0.251 e. The highest BCUT2D eigenvalue weighted by Crippen LogP contribution is 2.18. The zero-order valence-electron chi connectivity index (χ0n) is 9.98. The lowest BCUT2D eigenvalue weighted by Gasteiger charge is -2.17. The molecule has 92 valence electrons. The Balaban J connectivity index is 2.03. The second kappa shape index (κ2) is 5.19. The molecule has 1 aromatic rings. The lowest BCUT2D eigenvalue weighted by molar-refractivity contribution is 0.0934. The van der Waals surface area contributed by atoms with Gasteiger partial charge in [-0.2, -0.15) is 0 Å². The molecule has 1 aliphatic carbocycles. The molecule has 2 rings (SSSR count). The molecule has 0 heterocycles. The molecule has 17 heavy (non-hydrogen) atoms. The van der Waals surface area contributed by atoms with Crippen LogP contribution in [0.4, 0.5) is 0 Å². The summed E-state index contributed by atoms with van der Waals surface area (Å²) >= 11 is 0. The molecule has 0 aliphatic heterocycles. The molecular weight excluding hydrogens is 216 g/mol. The van der Waals surface area contributed by atoms with E-state index in [2.05, 4.69) is 5.32 Å². The lowest BCUT2D eigenvalue weighted by Crippen LogP contribution is -2.43. The molecule has 4 heteroatoms. The van der Waals surface area contributed by atoms with E-state index in [4.69, 9.17) is 10.5 Å². The topological polar surface area (TPSA) is 64.3 Å². The number of methoxy groups -OCH3 is 1. The average Bonchev–Trinajstić information content (AvgIpc) is 2.75. The van der Waals surface area contributed by atoms with E-state index >= 15 is 0 Å². The first kappa shape index (κ1) is 11.9. The summed E-state index contributed by atoms with van der Waals surface area (Å²) in [6, 6.07) is 7.33. The quantitative estimate of drug-likeness (QED) is 0.828. The molecule has 0 saturated heterocycles. The number of carbonyl (C=O) groups excluding carboxylic acids is 1. The van der Waals surface area contributed by atoms with Crippen LogP contribution < -0.4 is 15.8 Å². The number of hydrogen-bond donors (Lipinski definition) is 2. The molecule has 0 radical (unpaired) electrons. The van der Waals surface area contributed by atoms with E-state index in [1.54, 1.807) is 19.2 Å². The van der Waals surface area contributed by atoms with Crippen molar-refractivity contribution < 1.29 is 9.53 Å². The molecule has 2 atom stereocenters. The highest BCUT2D eigenvalue weighted by Gasteiger charge is 2.25. The lowest BCUT2D eigenvalue weighted by atomic mass is 10.1. The minimum atomic E-state index is -0.0775. The van der Waals surface area contributed by atoms with Gasteiger partial charge in [-0.3, -0.25) is 4.79 Å². The third kappa shape index (κ3) is 2.77. The highest BCUT2D eigenvalue weighted by molar-refractivity contribution is 5.94. The van der Waals surface area contributed by atoms with Crippen LogP contribution in [-0.4, -0.2) is 25.1 Å². The number of nitrogens with one attached hydrogen (secondary N) is 1. The Bertz CT molecular complexity index is 406. The van der Waals surface area contributed by atoms with Crippen molar-refractivity contribution >= 4 is 5.91 Å². The molecule has 1 saturated carbocycles. The van der Waals surface area contributed by atoms with E-state index in [-0.39, 0.29) is 18.0 Å². The van der Waals surface area contributed by atoms with Gasteiger partial charge in [0.2, 0.25) is 0 Å². The SMILES string of the molecule is COc1cccc(C(=O)NC2CCCC2N)c1. The van der Waals surface area contributed by atoms with Gasteiger partial charge in [0.15, 0.2) is 0 Å². The van der Waals surface area contributed by atoms with Gasteiger partial charge in [-0.25, -0.2) is 0 Å². The Morgan fingerprint density at radius 3 is 2.94 bits per heavy atom. The molecule has 1 aliphatic rings. The number of rotatable bonds is 3. The van der Waals surface area contributed by atoms with E-state index in [1.807, 2.05) is 12.1 Å². The van der Waals surface area contributed by atoms with Gasteiger partial charge in [0.25, 0.3) is 5.91 Å². The monoisotopic (exact) mass is 234 g/mol. The molecule has 4 nitrogen and oxygen atoms in total. The Labute approximate surface area is 101 Å². The third-order valence-corrected chi connectivity index (χ3v) is 3.22.